The van der Waals surface area contributed by atoms with Crippen molar-refractivity contribution in [3.63, 3.8) is 0 Å². The summed E-state index contributed by atoms with van der Waals surface area (Å²) in [5, 5.41) is 0. The Morgan fingerprint density at radius 2 is 2.33 bits per heavy atom. The SMILES string of the molecule is [NH-]c1ncnc2c1N=C[N+]2=CC=CCCl. The van der Waals surface area contributed by atoms with Crippen LogP contribution in [0.5, 0.6) is 0 Å². The molecule has 0 saturated carbocycles. The van der Waals surface area contributed by atoms with Crippen LogP contribution >= 0.6 is 11.6 Å². The summed E-state index contributed by atoms with van der Waals surface area (Å²) in [6.07, 6.45) is 8.33. The van der Waals surface area contributed by atoms with Crippen LogP contribution < -0.4 is 0 Å². The summed E-state index contributed by atoms with van der Waals surface area (Å²) in [5.41, 5.74) is 8.00. The minimum absolute atomic E-state index is 0.133. The summed E-state index contributed by atoms with van der Waals surface area (Å²) in [7, 11) is 0. The lowest BCUT2D eigenvalue weighted by atomic mass is 10.4. The Morgan fingerprint density at radius 3 is 3.13 bits per heavy atom. The van der Waals surface area contributed by atoms with Gasteiger partial charge in [-0.3, -0.25) is 0 Å². The number of aromatic nitrogens is 2. The van der Waals surface area contributed by atoms with Gasteiger partial charge in [0.25, 0.3) is 0 Å². The molecule has 0 radical (unpaired) electrons. The summed E-state index contributed by atoms with van der Waals surface area (Å²) in [5.74, 6) is 1.21. The summed E-state index contributed by atoms with van der Waals surface area (Å²) in [6, 6.07) is 0. The van der Waals surface area contributed by atoms with Crippen molar-refractivity contribution in [2.75, 3.05) is 5.88 Å². The zero-order chi connectivity index (χ0) is 10.7. The van der Waals surface area contributed by atoms with E-state index >= 15 is 0 Å². The molecule has 0 amide bonds. The molecule has 0 fully saturated rings. The van der Waals surface area contributed by atoms with Gasteiger partial charge in [-0.2, -0.15) is 0 Å². The molecule has 1 aliphatic rings. The van der Waals surface area contributed by atoms with E-state index in [9.17, 15) is 0 Å². The van der Waals surface area contributed by atoms with Crippen molar-refractivity contribution in [3.8, 4) is 0 Å². The van der Waals surface area contributed by atoms with Crippen molar-refractivity contribution in [1.82, 2.24) is 9.97 Å². The Morgan fingerprint density at radius 1 is 1.47 bits per heavy atom. The Bertz CT molecular complexity index is 464. The monoisotopic (exact) mass is 221 g/mol. The molecule has 1 N–H and O–H groups in total. The third-order valence-corrected chi connectivity index (χ3v) is 2.01. The molecule has 1 aliphatic heterocycles. The Kier molecular flexibility index (Phi) is 2.73. The van der Waals surface area contributed by atoms with Crippen molar-refractivity contribution in [3.05, 3.63) is 24.2 Å². The third kappa shape index (κ3) is 1.87. The topological polar surface area (TPSA) is 65.0 Å². The second-order valence-corrected chi connectivity index (χ2v) is 3.09. The predicted octanol–water partition coefficient (Wildman–Crippen LogP) is 2.34. The lowest BCUT2D eigenvalue weighted by molar-refractivity contribution is -0.287. The number of halogens is 1. The van der Waals surface area contributed by atoms with Crippen LogP contribution in [0.25, 0.3) is 5.73 Å². The second kappa shape index (κ2) is 4.18. The fraction of sp³-hybridized carbons (Fsp3) is 0.111. The molecule has 6 heteroatoms. The minimum Gasteiger partial charge on any atom is -0.479 e. The first-order chi connectivity index (χ1) is 7.33. The average Bonchev–Trinajstić information content (AvgIpc) is 2.64. The molecular formula is C9H8ClN5. The first-order valence-electron chi connectivity index (χ1n) is 4.28. The van der Waals surface area contributed by atoms with E-state index < -0.39 is 0 Å². The van der Waals surface area contributed by atoms with E-state index in [1.165, 1.54) is 6.33 Å². The molecule has 1 aromatic heterocycles. The van der Waals surface area contributed by atoms with Crippen LogP contribution in [0.3, 0.4) is 0 Å². The van der Waals surface area contributed by atoms with Crippen molar-refractivity contribution in [1.29, 1.82) is 0 Å². The van der Waals surface area contributed by atoms with Gasteiger partial charge in [0.05, 0.1) is 12.5 Å². The lowest BCUT2D eigenvalue weighted by Crippen LogP contribution is -2.00. The molecule has 0 unspecified atom stereocenters. The number of aliphatic imine (C=N–C) groups is 1. The fourth-order valence-electron chi connectivity index (χ4n) is 1.17. The van der Waals surface area contributed by atoms with E-state index in [0.29, 0.717) is 17.4 Å². The highest BCUT2D eigenvalue weighted by Gasteiger charge is 2.20. The summed E-state index contributed by atoms with van der Waals surface area (Å²) in [4.78, 5) is 11.8. The molecule has 2 rings (SSSR count). The maximum atomic E-state index is 7.51. The van der Waals surface area contributed by atoms with Crippen LogP contribution in [0.4, 0.5) is 17.3 Å². The smallest absolute Gasteiger partial charge is 0.309 e. The molecule has 0 saturated heterocycles. The molecule has 0 atom stereocenters. The number of fused-ring (bicyclic) bond motifs is 1. The third-order valence-electron chi connectivity index (χ3n) is 1.83. The molecule has 0 spiro atoms. The van der Waals surface area contributed by atoms with Gasteiger partial charge in [-0.1, -0.05) is 6.08 Å². The number of hydrogen-bond donors (Lipinski definition) is 0. The van der Waals surface area contributed by atoms with Crippen LogP contribution in [0, 0.1) is 0 Å². The number of hydrogen-bond acceptors (Lipinski definition) is 3. The Balaban J connectivity index is 2.37. The standard InChI is InChI=1S/C9H8ClN5/c10-3-1-2-4-15-6-14-7-8(11)12-5-13-9(7)15/h1-2,4-6H,3H2,(H-,11,12,13). The number of nitrogens with one attached hydrogen (secondary N) is 1. The summed E-state index contributed by atoms with van der Waals surface area (Å²) >= 11 is 5.50. The van der Waals surface area contributed by atoms with Crippen LogP contribution in [-0.4, -0.2) is 33.0 Å². The second-order valence-electron chi connectivity index (χ2n) is 2.78. The van der Waals surface area contributed by atoms with Crippen LogP contribution in [0.2, 0.25) is 0 Å². The highest BCUT2D eigenvalue weighted by Crippen LogP contribution is 2.35. The molecule has 1 aromatic rings. The van der Waals surface area contributed by atoms with Gasteiger partial charge >= 0.3 is 5.82 Å². The molecule has 5 nitrogen and oxygen atoms in total. The molecule has 2 heterocycles. The summed E-state index contributed by atoms with van der Waals surface area (Å²) in [6.45, 7) is 0. The van der Waals surface area contributed by atoms with E-state index in [2.05, 4.69) is 15.0 Å². The zero-order valence-electron chi connectivity index (χ0n) is 7.76. The Hall–Kier alpha value is -1.75. The quantitative estimate of drug-likeness (QED) is 0.568. The van der Waals surface area contributed by atoms with E-state index in [1.807, 2.05) is 0 Å². The van der Waals surface area contributed by atoms with Crippen molar-refractivity contribution in [2.24, 2.45) is 4.99 Å². The van der Waals surface area contributed by atoms with Gasteiger partial charge in [-0.05, 0) is 11.9 Å². The average molecular weight is 222 g/mol. The van der Waals surface area contributed by atoms with Gasteiger partial charge in [0.1, 0.15) is 0 Å². The molecule has 0 aromatic carbocycles. The summed E-state index contributed by atoms with van der Waals surface area (Å²) < 4.78 is 1.72. The van der Waals surface area contributed by atoms with E-state index in [0.717, 1.165) is 0 Å². The number of alkyl halides is 1. The van der Waals surface area contributed by atoms with Crippen LogP contribution in [-0.2, 0) is 0 Å². The van der Waals surface area contributed by atoms with Gasteiger partial charge in [0.15, 0.2) is 0 Å². The minimum atomic E-state index is 0.133. The lowest BCUT2D eigenvalue weighted by Gasteiger charge is -1.99. The van der Waals surface area contributed by atoms with Gasteiger partial charge in [0, 0.05) is 5.88 Å². The number of nitrogens with zero attached hydrogens (tertiary/aromatic N) is 4. The highest BCUT2D eigenvalue weighted by molar-refractivity contribution is 6.19. The maximum Gasteiger partial charge on any atom is 0.309 e. The van der Waals surface area contributed by atoms with Crippen LogP contribution in [0.1, 0.15) is 0 Å². The Labute approximate surface area is 91.6 Å². The maximum absolute atomic E-state index is 7.51. The number of allylic oxidation sites excluding steroid dienone is 2. The van der Waals surface area contributed by atoms with Gasteiger partial charge in [-0.25, -0.2) is 4.58 Å². The fourth-order valence-corrected chi connectivity index (χ4v) is 1.27. The van der Waals surface area contributed by atoms with Gasteiger partial charge in [0.2, 0.25) is 12.0 Å². The first-order valence-corrected chi connectivity index (χ1v) is 4.81. The molecule has 15 heavy (non-hydrogen) atoms. The van der Waals surface area contributed by atoms with E-state index in [-0.39, 0.29) is 5.82 Å². The molecular weight excluding hydrogens is 214 g/mol. The van der Waals surface area contributed by atoms with Crippen molar-refractivity contribution in [2.45, 2.75) is 0 Å². The zero-order valence-corrected chi connectivity index (χ0v) is 8.52. The molecule has 0 bridgehead atoms. The normalized spacial score (nSPS) is 16.5. The first kappa shape index (κ1) is 9.79. The van der Waals surface area contributed by atoms with Crippen molar-refractivity contribution >= 4 is 41.5 Å². The van der Waals surface area contributed by atoms with Gasteiger partial charge < -0.3 is 10.7 Å². The predicted molar refractivity (Wildman–Crippen MR) is 60.0 cm³/mol. The number of rotatable bonds is 2. The van der Waals surface area contributed by atoms with E-state index in [1.54, 1.807) is 29.3 Å². The van der Waals surface area contributed by atoms with Crippen LogP contribution in [0.15, 0.2) is 23.5 Å². The molecule has 0 aliphatic carbocycles. The van der Waals surface area contributed by atoms with Gasteiger partial charge in [-0.15, -0.1) is 21.6 Å². The van der Waals surface area contributed by atoms with Crippen molar-refractivity contribution < 1.29 is 4.58 Å². The molecule has 76 valence electrons. The largest absolute Gasteiger partial charge is 0.479 e. The highest BCUT2D eigenvalue weighted by atomic mass is 35.5. The van der Waals surface area contributed by atoms with E-state index in [4.69, 9.17) is 17.3 Å².